The largest absolute Gasteiger partial charge is 2.00 e. The van der Waals surface area contributed by atoms with Crippen LogP contribution in [-0.4, -0.2) is 38.5 Å². The van der Waals surface area contributed by atoms with E-state index < -0.39 is 11.6 Å². The van der Waals surface area contributed by atoms with E-state index in [1.165, 1.54) is 13.2 Å². The van der Waals surface area contributed by atoms with E-state index in [-0.39, 0.29) is 40.2 Å². The van der Waals surface area contributed by atoms with E-state index in [0.29, 0.717) is 47.1 Å². The first-order chi connectivity index (χ1) is 17.6. The number of fused-ring (bicyclic) bond motifs is 1. The quantitative estimate of drug-likeness (QED) is 0.201. The fourth-order valence-corrected chi connectivity index (χ4v) is 2.43. The Bertz CT molecular complexity index is 988. The van der Waals surface area contributed by atoms with Gasteiger partial charge in [-0.2, -0.15) is 5.56 Å². The first-order valence-electron chi connectivity index (χ1n) is 8.79. The Hall–Kier alpha value is -2.86. The molecule has 38 heavy (non-hydrogen) atoms. The minimum Gasteiger partial charge on any atom is 0 e. The number of aliphatic hydroxyl groups is 1. The molecule has 1 heterocycles. The Morgan fingerprint density at radius 1 is 0.947 bits per heavy atom. The molecule has 206 valence electrons. The third kappa shape index (κ3) is 20.2. The summed E-state index contributed by atoms with van der Waals surface area (Å²) >= 11 is 0. The molecule has 1 aromatic carbocycles. The maximum Gasteiger partial charge on any atom is 2.00 e. The van der Waals surface area contributed by atoms with Crippen LogP contribution >= 0.6 is 0 Å². The molecular weight excluding hydrogens is 598 g/mol. The second-order valence-corrected chi connectivity index (χ2v) is 5.16. The predicted molar refractivity (Wildman–Crippen MR) is 112 cm³/mol. The molecule has 2 radical (unpaired) electrons. The topological polar surface area (TPSA) is 205 Å². The van der Waals surface area contributed by atoms with Gasteiger partial charge in [-0.05, 0) is 18.9 Å². The molecule has 0 saturated carbocycles. The second-order valence-electron chi connectivity index (χ2n) is 5.16. The van der Waals surface area contributed by atoms with Gasteiger partial charge in [0.15, 0.2) is 0 Å². The van der Waals surface area contributed by atoms with E-state index in [1.54, 1.807) is 32.1 Å². The fourth-order valence-electron chi connectivity index (χ4n) is 2.43. The number of carbonyl (C=O) groups is 1. The molecule has 0 unspecified atom stereocenters. The monoisotopic (exact) mass is 618 g/mol. The normalized spacial score (nSPS) is 7.13. The SMILES string of the molecule is COC[CH-][CH-]c1c(CCCO)oc(=O)c2ccc(C(=O)OC)cc12.[C-]#[O+].[C-]#[O+].[C-]#[O+].[C-]#[O+].[C-]#[O+].[C-]#[O+].[Co+2].[Co]. The average Bonchev–Trinajstić information content (AvgIpc) is 2.99. The molecule has 12 nitrogen and oxygen atoms in total. The van der Waals surface area contributed by atoms with Crippen LogP contribution in [0.3, 0.4) is 0 Å². The molecule has 1 aromatic heterocycles. The molecule has 0 amide bonds. The molecule has 0 spiro atoms. The van der Waals surface area contributed by atoms with Gasteiger partial charge in [-0.25, -0.2) is 9.59 Å². The number of benzene rings is 1. The van der Waals surface area contributed by atoms with Crippen LogP contribution in [0.4, 0.5) is 0 Å². The van der Waals surface area contributed by atoms with Crippen LogP contribution < -0.4 is 5.63 Å². The number of ether oxygens (including phenoxy) is 2. The molecule has 1 N–H and O–H groups in total. The van der Waals surface area contributed by atoms with E-state index in [0.717, 1.165) is 0 Å². The van der Waals surface area contributed by atoms with Crippen LogP contribution in [0.1, 0.15) is 28.1 Å². The summed E-state index contributed by atoms with van der Waals surface area (Å²) in [7, 11) is 2.88. The van der Waals surface area contributed by atoms with E-state index in [1.807, 2.05) is 0 Å². The first-order valence-corrected chi connectivity index (χ1v) is 8.79. The Balaban J connectivity index is -0.000000121. The smallest absolute Gasteiger partial charge is 0 e. The number of aliphatic hydroxyl groups excluding tert-OH is 1. The summed E-state index contributed by atoms with van der Waals surface area (Å²) in [6.45, 7) is 27.4. The molecule has 2 rings (SSSR count). The molecule has 0 bridgehead atoms. The Kier molecular flexibility index (Phi) is 56.2. The third-order valence-corrected chi connectivity index (χ3v) is 3.58. The number of esters is 1. The van der Waals surface area contributed by atoms with Crippen molar-refractivity contribution >= 4 is 16.7 Å². The van der Waals surface area contributed by atoms with Gasteiger partial charge in [0.1, 0.15) is 0 Å². The molecular formula is C24H20Co2O12. The number of hydrogen-bond acceptors (Lipinski definition) is 6. The van der Waals surface area contributed by atoms with Gasteiger partial charge in [0.25, 0.3) is 0 Å². The van der Waals surface area contributed by atoms with Crippen LogP contribution in [0, 0.1) is 52.7 Å². The van der Waals surface area contributed by atoms with E-state index >= 15 is 0 Å². The summed E-state index contributed by atoms with van der Waals surface area (Å²) in [6, 6.07) is 4.70. The first kappa shape index (κ1) is 51.7. The number of rotatable bonds is 8. The van der Waals surface area contributed by atoms with Crippen LogP contribution in [0.2, 0.25) is 0 Å². The minimum atomic E-state index is -0.478. The van der Waals surface area contributed by atoms with Gasteiger partial charge >= 0.3 is 96.2 Å². The maximum absolute atomic E-state index is 12.2. The molecule has 0 atom stereocenters. The summed E-state index contributed by atoms with van der Waals surface area (Å²) < 4.78 is 60.2. The van der Waals surface area contributed by atoms with E-state index in [9.17, 15) is 9.59 Å². The van der Waals surface area contributed by atoms with Crippen molar-refractivity contribution in [2.45, 2.75) is 12.8 Å². The van der Waals surface area contributed by atoms with Gasteiger partial charge in [-0.1, -0.05) is 18.7 Å². The molecule has 0 aliphatic rings. The molecule has 2 aromatic rings. The summed E-state index contributed by atoms with van der Waals surface area (Å²) in [5.41, 5.74) is 0.573. The number of methoxy groups -OCH3 is 2. The van der Waals surface area contributed by atoms with Crippen molar-refractivity contribution in [2.24, 2.45) is 0 Å². The van der Waals surface area contributed by atoms with E-state index in [2.05, 4.69) is 39.9 Å². The molecule has 0 saturated heterocycles. The maximum atomic E-state index is 12.2. The third-order valence-electron chi connectivity index (χ3n) is 3.58. The average molecular weight is 618 g/mol. The van der Waals surface area contributed by atoms with Gasteiger partial charge in [-0.15, -0.1) is 5.39 Å². The summed E-state index contributed by atoms with van der Waals surface area (Å²) in [5.74, 6) is -0.00945. The van der Waals surface area contributed by atoms with Gasteiger partial charge in [-0.3, -0.25) is 0 Å². The van der Waals surface area contributed by atoms with Gasteiger partial charge in [0.05, 0.1) is 7.11 Å². The second kappa shape index (κ2) is 41.3. The Labute approximate surface area is 240 Å². The number of hydrogen-bond donors (Lipinski definition) is 1. The van der Waals surface area contributed by atoms with Crippen molar-refractivity contribution in [1.82, 2.24) is 0 Å². The van der Waals surface area contributed by atoms with Gasteiger partial charge in [0.2, 0.25) is 0 Å². The Morgan fingerprint density at radius 3 is 1.87 bits per heavy atom. The summed E-state index contributed by atoms with van der Waals surface area (Å²) in [5, 5.41) is 10.0. The van der Waals surface area contributed by atoms with Crippen molar-refractivity contribution in [2.75, 3.05) is 27.4 Å². The Morgan fingerprint density at radius 2 is 1.45 bits per heavy atom. The molecule has 0 fully saturated rings. The van der Waals surface area contributed by atoms with Gasteiger partial charge in [0, 0.05) is 47.2 Å². The molecule has 14 heteroatoms. The minimum absolute atomic E-state index is 0. The predicted octanol–water partition coefficient (Wildman–Crippen LogP) is 1.68. The summed E-state index contributed by atoms with van der Waals surface area (Å²) in [6.07, 6.45) is 4.47. The van der Waals surface area contributed by atoms with Crippen LogP contribution in [0.25, 0.3) is 10.8 Å². The van der Waals surface area contributed by atoms with Gasteiger partial charge < -0.3 is 31.8 Å². The van der Waals surface area contributed by atoms with Crippen LogP contribution in [-0.2, 0) is 77.4 Å². The number of carbonyl (C=O) groups excluding carboxylic acids is 1. The van der Waals surface area contributed by atoms with Crippen molar-refractivity contribution < 1.29 is 85.3 Å². The standard InChI is InChI=1S/C18H20O6.6CO.2Co/c1-22-10-4-5-13-15-11-12(17(20)23-2)7-8-14(15)18(21)24-16(13)6-3-9-19;6*1-2;;/h4-5,7-8,11,19H,3,6,9-10H2,1-2H3;;;;;;;;/q-2;;;;;;;;+2. The zero-order valence-corrected chi connectivity index (χ0v) is 21.9. The zero-order chi connectivity index (χ0) is 29.5. The molecule has 0 aliphatic carbocycles. The molecule has 0 aliphatic heterocycles. The van der Waals surface area contributed by atoms with Crippen molar-refractivity contribution in [3.05, 3.63) is 98.3 Å². The number of aryl methyl sites for hydroxylation is 1. The van der Waals surface area contributed by atoms with Crippen molar-refractivity contribution in [3.8, 4) is 0 Å². The summed E-state index contributed by atoms with van der Waals surface area (Å²) in [4.78, 5) is 24.0. The van der Waals surface area contributed by atoms with E-state index in [4.69, 9.17) is 46.9 Å². The van der Waals surface area contributed by atoms with Crippen molar-refractivity contribution in [1.29, 1.82) is 0 Å². The zero-order valence-electron chi connectivity index (χ0n) is 19.8. The fraction of sp³-hybridized carbons (Fsp3) is 0.250. The van der Waals surface area contributed by atoms with Crippen molar-refractivity contribution in [3.63, 3.8) is 0 Å². The van der Waals surface area contributed by atoms with Crippen LogP contribution in [0.5, 0.6) is 0 Å². The van der Waals surface area contributed by atoms with Crippen LogP contribution in [0.15, 0.2) is 27.4 Å².